The summed E-state index contributed by atoms with van der Waals surface area (Å²) in [4.78, 5) is 21.1. The number of hydrogen-bond donors (Lipinski definition) is 2. The fourth-order valence-corrected chi connectivity index (χ4v) is 4.15. The van der Waals surface area contributed by atoms with Gasteiger partial charge in [-0.15, -0.1) is 0 Å². The first-order valence-electron chi connectivity index (χ1n) is 10.2. The van der Waals surface area contributed by atoms with Crippen LogP contribution in [-0.4, -0.2) is 33.2 Å². The number of benzene rings is 1. The van der Waals surface area contributed by atoms with Crippen LogP contribution in [0.2, 0.25) is 0 Å². The van der Waals surface area contributed by atoms with Gasteiger partial charge in [0.25, 0.3) is 5.91 Å². The predicted octanol–water partition coefficient (Wildman–Crippen LogP) is 4.67. The van der Waals surface area contributed by atoms with Crippen molar-refractivity contribution in [2.75, 3.05) is 11.9 Å². The van der Waals surface area contributed by atoms with Crippen molar-refractivity contribution in [2.45, 2.75) is 39.3 Å². The van der Waals surface area contributed by atoms with Crippen molar-refractivity contribution in [3.63, 3.8) is 0 Å². The molecule has 0 aliphatic carbocycles. The summed E-state index contributed by atoms with van der Waals surface area (Å²) < 4.78 is 13.3. The van der Waals surface area contributed by atoms with Crippen LogP contribution in [0.4, 0.5) is 5.82 Å². The molecule has 2 N–H and O–H groups in total. The molecule has 1 atom stereocenters. The number of imidazole rings is 1. The van der Waals surface area contributed by atoms with E-state index < -0.39 is 0 Å². The number of carbonyl (C=O) groups is 1. The summed E-state index contributed by atoms with van der Waals surface area (Å²) in [5, 5.41) is 3.07. The second-order valence-corrected chi connectivity index (χ2v) is 7.71. The van der Waals surface area contributed by atoms with E-state index in [2.05, 4.69) is 28.7 Å². The number of furan rings is 1. The lowest BCUT2D eigenvalue weighted by atomic mass is 10.1. The molecule has 0 radical (unpaired) electrons. The lowest BCUT2D eigenvalue weighted by Crippen LogP contribution is -2.21. The zero-order valence-corrected chi connectivity index (χ0v) is 17.1. The van der Waals surface area contributed by atoms with Gasteiger partial charge in [0, 0.05) is 12.3 Å². The highest BCUT2D eigenvalue weighted by Crippen LogP contribution is 2.36. The number of carbonyl (C=O) groups excluding carboxylic acids is 1. The number of nitrogens with zero attached hydrogens (tertiary/aromatic N) is 2. The molecule has 154 valence electrons. The molecule has 0 saturated carbocycles. The van der Waals surface area contributed by atoms with Crippen LogP contribution in [0.25, 0.3) is 22.4 Å². The number of nitrogens with one attached hydrogen (secondary N) is 2. The Hall–Kier alpha value is -3.32. The maximum atomic E-state index is 12.9. The number of fused-ring (bicyclic) bond motifs is 1. The van der Waals surface area contributed by atoms with E-state index >= 15 is 0 Å². The molecule has 1 aliphatic heterocycles. The zero-order chi connectivity index (χ0) is 20.7. The molecule has 4 heterocycles. The third kappa shape index (κ3) is 3.21. The van der Waals surface area contributed by atoms with Crippen LogP contribution < -0.4 is 5.32 Å². The van der Waals surface area contributed by atoms with Gasteiger partial charge < -0.3 is 24.0 Å². The molecule has 1 saturated heterocycles. The monoisotopic (exact) mass is 404 g/mol. The summed E-state index contributed by atoms with van der Waals surface area (Å²) >= 11 is 0. The van der Waals surface area contributed by atoms with Crippen molar-refractivity contribution in [2.24, 2.45) is 0 Å². The Morgan fingerprint density at radius 3 is 2.87 bits per heavy atom. The average molecular weight is 404 g/mol. The molecule has 3 aromatic heterocycles. The van der Waals surface area contributed by atoms with Gasteiger partial charge in [-0.2, -0.15) is 0 Å². The normalized spacial score (nSPS) is 16.4. The quantitative estimate of drug-likeness (QED) is 0.506. The third-order valence-electron chi connectivity index (χ3n) is 5.84. The molecule has 0 spiro atoms. The highest BCUT2D eigenvalue weighted by Gasteiger charge is 2.26. The van der Waals surface area contributed by atoms with Crippen molar-refractivity contribution in [1.29, 1.82) is 0 Å². The second-order valence-electron chi connectivity index (χ2n) is 7.71. The molecule has 5 rings (SSSR count). The molecule has 0 bridgehead atoms. The summed E-state index contributed by atoms with van der Waals surface area (Å²) in [7, 11) is 0. The fraction of sp³-hybridized carbons (Fsp3) is 0.304. The number of amides is 1. The lowest BCUT2D eigenvalue weighted by Gasteiger charge is -2.17. The number of para-hydroxylation sites is 2. The molecular weight excluding hydrogens is 380 g/mol. The van der Waals surface area contributed by atoms with Crippen LogP contribution in [0.5, 0.6) is 0 Å². The Morgan fingerprint density at radius 2 is 2.13 bits per heavy atom. The SMILES string of the molecule is Cc1c(-c2nc3ccccc3[nH]2)c(NC(=O)c2ccco2)n(C[C@@H]2CCCO2)c1C. The van der Waals surface area contributed by atoms with Gasteiger partial charge in [0.15, 0.2) is 5.76 Å². The summed E-state index contributed by atoms with van der Waals surface area (Å²) in [5.41, 5.74) is 4.89. The van der Waals surface area contributed by atoms with Crippen LogP contribution in [0.3, 0.4) is 0 Å². The Labute approximate surface area is 174 Å². The van der Waals surface area contributed by atoms with Crippen LogP contribution in [0, 0.1) is 13.8 Å². The minimum absolute atomic E-state index is 0.137. The molecular formula is C23H24N4O3. The van der Waals surface area contributed by atoms with Crippen molar-refractivity contribution < 1.29 is 13.9 Å². The number of aromatic nitrogens is 3. The Bertz CT molecular complexity index is 1160. The van der Waals surface area contributed by atoms with Gasteiger partial charge in [-0.1, -0.05) is 12.1 Å². The summed E-state index contributed by atoms with van der Waals surface area (Å²) in [6.45, 7) is 5.60. The van der Waals surface area contributed by atoms with Crippen LogP contribution >= 0.6 is 0 Å². The molecule has 30 heavy (non-hydrogen) atoms. The van der Waals surface area contributed by atoms with Gasteiger partial charge in [-0.25, -0.2) is 4.98 Å². The van der Waals surface area contributed by atoms with Crippen LogP contribution in [-0.2, 0) is 11.3 Å². The van der Waals surface area contributed by atoms with E-state index in [1.807, 2.05) is 24.3 Å². The van der Waals surface area contributed by atoms with E-state index in [1.54, 1.807) is 12.1 Å². The number of rotatable bonds is 5. The standard InChI is InChI=1S/C23H24N4O3/c1-14-15(2)27(13-16-7-5-11-29-16)22(26-23(28)19-10-6-12-30-19)20(14)21-24-17-8-3-4-9-18(17)25-21/h3-4,6,8-10,12,16H,5,7,11,13H2,1-2H3,(H,24,25)(H,26,28)/t16-/m0/s1. The Balaban J connectivity index is 1.63. The smallest absolute Gasteiger partial charge is 0.292 e. The van der Waals surface area contributed by atoms with Gasteiger partial charge in [0.1, 0.15) is 11.6 Å². The second kappa shape index (κ2) is 7.50. The number of aromatic amines is 1. The number of hydrogen-bond acceptors (Lipinski definition) is 4. The first-order chi connectivity index (χ1) is 14.6. The minimum atomic E-state index is -0.288. The first-order valence-corrected chi connectivity index (χ1v) is 10.2. The van der Waals surface area contributed by atoms with Crippen molar-refractivity contribution in [1.82, 2.24) is 14.5 Å². The maximum absolute atomic E-state index is 12.9. The van der Waals surface area contributed by atoms with E-state index in [0.29, 0.717) is 12.4 Å². The molecule has 7 nitrogen and oxygen atoms in total. The fourth-order valence-electron chi connectivity index (χ4n) is 4.15. The van der Waals surface area contributed by atoms with E-state index in [-0.39, 0.29) is 17.8 Å². The minimum Gasteiger partial charge on any atom is -0.459 e. The van der Waals surface area contributed by atoms with Gasteiger partial charge in [-0.05, 0) is 56.5 Å². The molecule has 7 heteroatoms. The van der Waals surface area contributed by atoms with Crippen molar-refractivity contribution in [3.05, 3.63) is 59.7 Å². The molecule has 4 aromatic rings. The Morgan fingerprint density at radius 1 is 1.27 bits per heavy atom. The van der Waals surface area contributed by atoms with E-state index in [9.17, 15) is 4.79 Å². The highest BCUT2D eigenvalue weighted by molar-refractivity contribution is 6.04. The number of H-pyrrole nitrogens is 1. The molecule has 0 unspecified atom stereocenters. The number of ether oxygens (including phenoxy) is 1. The predicted molar refractivity (Wildman–Crippen MR) is 115 cm³/mol. The third-order valence-corrected chi connectivity index (χ3v) is 5.84. The molecule has 1 amide bonds. The van der Waals surface area contributed by atoms with Gasteiger partial charge in [0.05, 0.1) is 35.5 Å². The Kier molecular flexibility index (Phi) is 4.67. The van der Waals surface area contributed by atoms with E-state index in [4.69, 9.17) is 14.1 Å². The maximum Gasteiger partial charge on any atom is 0.292 e. The van der Waals surface area contributed by atoms with Gasteiger partial charge >= 0.3 is 0 Å². The van der Waals surface area contributed by atoms with Gasteiger partial charge in [0.2, 0.25) is 0 Å². The molecule has 1 fully saturated rings. The molecule has 1 aliphatic rings. The van der Waals surface area contributed by atoms with Crippen molar-refractivity contribution >= 4 is 22.8 Å². The topological polar surface area (TPSA) is 85.1 Å². The van der Waals surface area contributed by atoms with Gasteiger partial charge in [-0.3, -0.25) is 4.79 Å². The van der Waals surface area contributed by atoms with Crippen LogP contribution in [0.15, 0.2) is 47.1 Å². The largest absolute Gasteiger partial charge is 0.459 e. The summed E-state index contributed by atoms with van der Waals surface area (Å²) in [6.07, 6.45) is 3.71. The first kappa shape index (κ1) is 18.7. The van der Waals surface area contributed by atoms with E-state index in [0.717, 1.165) is 53.1 Å². The highest BCUT2D eigenvalue weighted by atomic mass is 16.5. The zero-order valence-electron chi connectivity index (χ0n) is 17.1. The lowest BCUT2D eigenvalue weighted by molar-refractivity contribution is 0.0957. The number of anilines is 1. The summed E-state index contributed by atoms with van der Waals surface area (Å²) in [5.74, 6) is 1.42. The van der Waals surface area contributed by atoms with Crippen molar-refractivity contribution in [3.8, 4) is 11.4 Å². The average Bonchev–Trinajstić information content (AvgIpc) is 3.53. The molecule has 1 aromatic carbocycles. The summed E-state index contributed by atoms with van der Waals surface area (Å²) in [6, 6.07) is 11.3. The van der Waals surface area contributed by atoms with Crippen LogP contribution in [0.1, 0.15) is 34.7 Å². The van der Waals surface area contributed by atoms with E-state index in [1.165, 1.54) is 6.26 Å².